The smallest absolute Gasteiger partial charge is 0.272 e. The fourth-order valence-electron chi connectivity index (χ4n) is 4.14. The number of carbonyl (C=O) groups excluding carboxylic acids is 3. The van der Waals surface area contributed by atoms with Gasteiger partial charge in [0.1, 0.15) is 5.70 Å². The van der Waals surface area contributed by atoms with Crippen LogP contribution >= 0.6 is 11.8 Å². The average molecular weight is 596 g/mol. The summed E-state index contributed by atoms with van der Waals surface area (Å²) in [6.07, 6.45) is 1.56. The molecule has 0 saturated carbocycles. The van der Waals surface area contributed by atoms with E-state index in [1.165, 1.54) is 26.0 Å². The van der Waals surface area contributed by atoms with Gasteiger partial charge in [0.2, 0.25) is 5.91 Å². The molecule has 0 spiro atoms. The summed E-state index contributed by atoms with van der Waals surface area (Å²) in [5.74, 6) is 0.141. The summed E-state index contributed by atoms with van der Waals surface area (Å²) in [4.78, 5) is 39.9. The van der Waals surface area contributed by atoms with Gasteiger partial charge in [-0.25, -0.2) is 0 Å². The highest BCUT2D eigenvalue weighted by molar-refractivity contribution is 8.00. The van der Waals surface area contributed by atoms with E-state index in [1.807, 2.05) is 44.2 Å². The van der Waals surface area contributed by atoms with Crippen molar-refractivity contribution in [1.82, 2.24) is 5.32 Å². The van der Waals surface area contributed by atoms with E-state index in [4.69, 9.17) is 9.47 Å². The number of anilines is 2. The Bertz CT molecular complexity index is 1650. The molecule has 0 radical (unpaired) electrons. The Kier molecular flexibility index (Phi) is 10.6. The van der Waals surface area contributed by atoms with Crippen molar-refractivity contribution in [3.05, 3.63) is 119 Å². The molecule has 43 heavy (non-hydrogen) atoms. The van der Waals surface area contributed by atoms with Crippen LogP contribution in [0.5, 0.6) is 11.5 Å². The second kappa shape index (κ2) is 14.7. The highest BCUT2D eigenvalue weighted by atomic mass is 32.2. The zero-order valence-electron chi connectivity index (χ0n) is 24.4. The highest BCUT2D eigenvalue weighted by Gasteiger charge is 2.16. The van der Waals surface area contributed by atoms with Gasteiger partial charge in [0.05, 0.1) is 20.0 Å². The van der Waals surface area contributed by atoms with Gasteiger partial charge < -0.3 is 25.4 Å². The molecule has 3 N–H and O–H groups in total. The zero-order valence-corrected chi connectivity index (χ0v) is 25.2. The van der Waals surface area contributed by atoms with E-state index in [0.717, 1.165) is 21.7 Å². The molecule has 0 atom stereocenters. The number of aryl methyl sites for hydroxylation is 1. The van der Waals surface area contributed by atoms with Crippen LogP contribution in [-0.2, 0) is 9.59 Å². The lowest BCUT2D eigenvalue weighted by atomic mass is 10.1. The van der Waals surface area contributed by atoms with Crippen molar-refractivity contribution >= 4 is 46.9 Å². The quantitative estimate of drug-likeness (QED) is 0.136. The number of benzene rings is 4. The van der Waals surface area contributed by atoms with Gasteiger partial charge in [-0.3, -0.25) is 14.4 Å². The fourth-order valence-corrected chi connectivity index (χ4v) is 4.89. The van der Waals surface area contributed by atoms with E-state index in [1.54, 1.807) is 66.7 Å². The molecule has 0 aliphatic rings. The first kappa shape index (κ1) is 30.9. The lowest BCUT2D eigenvalue weighted by molar-refractivity contribution is -0.114. The van der Waals surface area contributed by atoms with Crippen molar-refractivity contribution < 1.29 is 23.9 Å². The van der Waals surface area contributed by atoms with Crippen molar-refractivity contribution in [1.29, 1.82) is 0 Å². The number of hydrogen-bond acceptors (Lipinski definition) is 6. The Morgan fingerprint density at radius 2 is 1.53 bits per heavy atom. The number of thioether (sulfide) groups is 1. The zero-order chi connectivity index (χ0) is 30.8. The normalized spacial score (nSPS) is 10.9. The predicted octanol–water partition coefficient (Wildman–Crippen LogP) is 6.46. The van der Waals surface area contributed by atoms with Crippen LogP contribution in [0.2, 0.25) is 0 Å². The van der Waals surface area contributed by atoms with E-state index in [0.29, 0.717) is 28.3 Å². The molecule has 0 bridgehead atoms. The minimum absolute atomic E-state index is 0.0343. The van der Waals surface area contributed by atoms with Crippen LogP contribution in [-0.4, -0.2) is 37.7 Å². The first-order valence-electron chi connectivity index (χ1n) is 13.5. The Balaban J connectivity index is 1.50. The van der Waals surface area contributed by atoms with Gasteiger partial charge in [0, 0.05) is 21.8 Å². The molecule has 0 fully saturated rings. The Morgan fingerprint density at radius 3 is 2.28 bits per heavy atom. The van der Waals surface area contributed by atoms with Crippen LogP contribution in [0.25, 0.3) is 6.08 Å². The molecule has 0 saturated heterocycles. The predicted molar refractivity (Wildman–Crippen MR) is 172 cm³/mol. The summed E-state index contributed by atoms with van der Waals surface area (Å²) >= 11 is 1.35. The third-order valence-electron chi connectivity index (χ3n) is 6.59. The topological polar surface area (TPSA) is 106 Å². The lowest BCUT2D eigenvalue weighted by Crippen LogP contribution is -2.30. The van der Waals surface area contributed by atoms with Crippen molar-refractivity contribution in [2.75, 3.05) is 30.6 Å². The summed E-state index contributed by atoms with van der Waals surface area (Å²) in [6.45, 7) is 3.97. The third kappa shape index (κ3) is 8.50. The molecule has 0 aromatic heterocycles. The number of nitrogens with one attached hydrogen (secondary N) is 3. The monoisotopic (exact) mass is 595 g/mol. The van der Waals surface area contributed by atoms with Crippen LogP contribution in [0.1, 0.15) is 27.0 Å². The standard InChI is InChI=1S/C34H33N3O5S/c1-22-10-8-15-28(23(22)2)36-32(38)21-43-27-14-9-13-26(20-27)35-34(40)29(37-33(39)25-11-6-5-7-12-25)18-24-16-17-30(41-3)31(19-24)42-4/h5-20H,21H2,1-4H3,(H,35,40)(H,36,38)(H,37,39)/b29-18+. The second-order valence-corrected chi connectivity index (χ2v) is 10.6. The van der Waals surface area contributed by atoms with Crippen molar-refractivity contribution in [3.63, 3.8) is 0 Å². The van der Waals surface area contributed by atoms with Gasteiger partial charge in [0.25, 0.3) is 11.8 Å². The molecule has 0 aliphatic carbocycles. The van der Waals surface area contributed by atoms with E-state index < -0.39 is 11.8 Å². The van der Waals surface area contributed by atoms with Gasteiger partial charge in [-0.2, -0.15) is 0 Å². The highest BCUT2D eigenvalue weighted by Crippen LogP contribution is 2.29. The Morgan fingerprint density at radius 1 is 0.791 bits per heavy atom. The molecule has 0 aliphatic heterocycles. The van der Waals surface area contributed by atoms with E-state index in [-0.39, 0.29) is 17.4 Å². The maximum atomic E-state index is 13.5. The molecule has 3 amide bonds. The van der Waals surface area contributed by atoms with Crippen LogP contribution in [0.3, 0.4) is 0 Å². The van der Waals surface area contributed by atoms with E-state index in [9.17, 15) is 14.4 Å². The van der Waals surface area contributed by atoms with Crippen molar-refractivity contribution in [2.45, 2.75) is 18.7 Å². The number of rotatable bonds is 11. The van der Waals surface area contributed by atoms with Crippen LogP contribution < -0.4 is 25.4 Å². The summed E-state index contributed by atoms with van der Waals surface area (Å²) in [5, 5.41) is 8.55. The number of hydrogen-bond donors (Lipinski definition) is 3. The molecular formula is C34H33N3O5S. The molecule has 4 rings (SSSR count). The molecule has 0 unspecified atom stereocenters. The van der Waals surface area contributed by atoms with Gasteiger partial charge >= 0.3 is 0 Å². The molecule has 4 aromatic rings. The number of ether oxygens (including phenoxy) is 2. The summed E-state index contributed by atoms with van der Waals surface area (Å²) < 4.78 is 10.7. The first-order chi connectivity index (χ1) is 20.8. The van der Waals surface area contributed by atoms with Gasteiger partial charge in [-0.15, -0.1) is 11.8 Å². The van der Waals surface area contributed by atoms with E-state index in [2.05, 4.69) is 16.0 Å². The Labute approximate surface area is 255 Å². The van der Waals surface area contributed by atoms with Gasteiger partial charge in [-0.1, -0.05) is 42.5 Å². The maximum absolute atomic E-state index is 13.5. The summed E-state index contributed by atoms with van der Waals surface area (Å²) in [7, 11) is 3.06. The first-order valence-corrected chi connectivity index (χ1v) is 14.5. The van der Waals surface area contributed by atoms with Crippen LogP contribution in [0.4, 0.5) is 11.4 Å². The molecule has 220 valence electrons. The Hall–Kier alpha value is -5.02. The number of carbonyl (C=O) groups is 3. The average Bonchev–Trinajstić information content (AvgIpc) is 3.02. The van der Waals surface area contributed by atoms with Gasteiger partial charge in [-0.05, 0) is 85.1 Å². The fraction of sp³-hybridized carbons (Fsp3) is 0.147. The SMILES string of the molecule is COc1ccc(/C=C(/NC(=O)c2ccccc2)C(=O)Nc2cccc(SCC(=O)Nc3cccc(C)c3C)c2)cc1OC. The van der Waals surface area contributed by atoms with Crippen molar-refractivity contribution in [2.24, 2.45) is 0 Å². The van der Waals surface area contributed by atoms with Gasteiger partial charge in [0.15, 0.2) is 11.5 Å². The molecule has 8 nitrogen and oxygen atoms in total. The van der Waals surface area contributed by atoms with Crippen LogP contribution in [0.15, 0.2) is 102 Å². The summed E-state index contributed by atoms with van der Waals surface area (Å²) in [6, 6.07) is 26.8. The molecule has 9 heteroatoms. The van der Waals surface area contributed by atoms with Crippen LogP contribution in [0, 0.1) is 13.8 Å². The largest absolute Gasteiger partial charge is 0.493 e. The number of methoxy groups -OCH3 is 2. The minimum Gasteiger partial charge on any atom is -0.493 e. The van der Waals surface area contributed by atoms with E-state index >= 15 is 0 Å². The lowest BCUT2D eigenvalue weighted by Gasteiger charge is -2.13. The minimum atomic E-state index is -0.520. The molecule has 4 aromatic carbocycles. The molecule has 0 heterocycles. The van der Waals surface area contributed by atoms with Crippen molar-refractivity contribution in [3.8, 4) is 11.5 Å². The second-order valence-electron chi connectivity index (χ2n) is 9.56. The molecular weight excluding hydrogens is 562 g/mol. The number of amides is 3. The maximum Gasteiger partial charge on any atom is 0.272 e. The summed E-state index contributed by atoms with van der Waals surface area (Å²) in [5.41, 5.74) is 4.50. The third-order valence-corrected chi connectivity index (χ3v) is 7.58.